The van der Waals surface area contributed by atoms with Crippen LogP contribution in [0.5, 0.6) is 0 Å². The van der Waals surface area contributed by atoms with E-state index >= 15 is 0 Å². The van der Waals surface area contributed by atoms with Crippen molar-refractivity contribution >= 4 is 21.7 Å². The SMILES string of the molecule is CCC1CC(C(=O)O)C(C(=O)NC2(C)CCS(=O)(=O)C2)C1. The third kappa shape index (κ3) is 3.56. The van der Waals surface area contributed by atoms with Crippen LogP contribution in [0.3, 0.4) is 0 Å². The molecule has 120 valence electrons. The van der Waals surface area contributed by atoms with Gasteiger partial charge in [-0.1, -0.05) is 13.3 Å². The highest BCUT2D eigenvalue weighted by molar-refractivity contribution is 7.91. The maximum atomic E-state index is 12.4. The Morgan fingerprint density at radius 1 is 1.29 bits per heavy atom. The lowest BCUT2D eigenvalue weighted by Crippen LogP contribution is -2.50. The van der Waals surface area contributed by atoms with Crippen molar-refractivity contribution in [3.05, 3.63) is 0 Å². The third-order valence-electron chi connectivity index (χ3n) is 4.82. The Morgan fingerprint density at radius 2 is 1.90 bits per heavy atom. The highest BCUT2D eigenvalue weighted by atomic mass is 32.2. The fourth-order valence-corrected chi connectivity index (χ4v) is 5.63. The molecule has 0 aromatic heterocycles. The molecule has 0 bridgehead atoms. The van der Waals surface area contributed by atoms with Gasteiger partial charge < -0.3 is 10.4 Å². The predicted molar refractivity (Wildman–Crippen MR) is 77.4 cm³/mol. The summed E-state index contributed by atoms with van der Waals surface area (Å²) in [6, 6.07) is 0. The summed E-state index contributed by atoms with van der Waals surface area (Å²) >= 11 is 0. The molecule has 4 unspecified atom stereocenters. The minimum Gasteiger partial charge on any atom is -0.481 e. The molecule has 2 N–H and O–H groups in total. The van der Waals surface area contributed by atoms with Crippen molar-refractivity contribution in [3.8, 4) is 0 Å². The first kappa shape index (κ1) is 16.3. The van der Waals surface area contributed by atoms with Gasteiger partial charge in [0.15, 0.2) is 9.84 Å². The summed E-state index contributed by atoms with van der Waals surface area (Å²) < 4.78 is 23.1. The zero-order valence-corrected chi connectivity index (χ0v) is 13.3. The number of sulfone groups is 1. The average molecular weight is 317 g/mol. The number of hydrogen-bond donors (Lipinski definition) is 2. The van der Waals surface area contributed by atoms with E-state index in [0.717, 1.165) is 6.42 Å². The second-order valence-electron chi connectivity index (χ2n) is 6.69. The molecule has 7 heteroatoms. The summed E-state index contributed by atoms with van der Waals surface area (Å²) in [5.41, 5.74) is -0.761. The van der Waals surface area contributed by atoms with Gasteiger partial charge in [0.05, 0.1) is 28.9 Å². The molecule has 0 aromatic rings. The van der Waals surface area contributed by atoms with Gasteiger partial charge in [-0.25, -0.2) is 8.42 Å². The number of carboxylic acids is 1. The van der Waals surface area contributed by atoms with Gasteiger partial charge in [0.2, 0.25) is 5.91 Å². The van der Waals surface area contributed by atoms with E-state index in [-0.39, 0.29) is 23.3 Å². The number of rotatable bonds is 4. The quantitative estimate of drug-likeness (QED) is 0.799. The Morgan fingerprint density at radius 3 is 2.38 bits per heavy atom. The topological polar surface area (TPSA) is 101 Å². The first-order valence-electron chi connectivity index (χ1n) is 7.41. The van der Waals surface area contributed by atoms with Gasteiger partial charge in [0, 0.05) is 0 Å². The van der Waals surface area contributed by atoms with Crippen molar-refractivity contribution in [2.24, 2.45) is 17.8 Å². The molecule has 1 saturated carbocycles. The van der Waals surface area contributed by atoms with Crippen LogP contribution in [0.15, 0.2) is 0 Å². The van der Waals surface area contributed by atoms with E-state index < -0.39 is 33.2 Å². The third-order valence-corrected chi connectivity index (χ3v) is 6.72. The van der Waals surface area contributed by atoms with E-state index in [1.807, 2.05) is 6.92 Å². The zero-order chi connectivity index (χ0) is 15.8. The fraction of sp³-hybridized carbons (Fsp3) is 0.857. The molecule has 0 spiro atoms. The standard InChI is InChI=1S/C14H23NO5S/c1-3-9-6-10(11(7-9)13(17)18)12(16)15-14(2)4-5-21(19,20)8-14/h9-11H,3-8H2,1-2H3,(H,15,16)(H,17,18). The molecular formula is C14H23NO5S. The van der Waals surface area contributed by atoms with Crippen molar-refractivity contribution < 1.29 is 23.1 Å². The summed E-state index contributed by atoms with van der Waals surface area (Å²) in [5.74, 6) is -2.18. The number of aliphatic carboxylic acids is 1. The predicted octanol–water partition coefficient (Wildman–Crippen LogP) is 0.817. The number of carboxylic acid groups (broad SMARTS) is 1. The van der Waals surface area contributed by atoms with E-state index in [2.05, 4.69) is 5.32 Å². The number of amides is 1. The Labute approximate surface area is 125 Å². The van der Waals surface area contributed by atoms with E-state index in [9.17, 15) is 23.1 Å². The van der Waals surface area contributed by atoms with Gasteiger partial charge in [-0.05, 0) is 32.1 Å². The molecule has 1 aliphatic carbocycles. The van der Waals surface area contributed by atoms with Crippen molar-refractivity contribution in [1.82, 2.24) is 5.32 Å². The minimum atomic E-state index is -3.10. The molecule has 21 heavy (non-hydrogen) atoms. The molecule has 0 radical (unpaired) electrons. The van der Waals surface area contributed by atoms with Gasteiger partial charge in [0.25, 0.3) is 0 Å². The summed E-state index contributed by atoms with van der Waals surface area (Å²) in [6.45, 7) is 3.71. The van der Waals surface area contributed by atoms with Crippen LogP contribution in [-0.4, -0.2) is 42.4 Å². The van der Waals surface area contributed by atoms with Gasteiger partial charge in [-0.2, -0.15) is 0 Å². The molecule has 2 rings (SSSR count). The maximum absolute atomic E-state index is 12.4. The smallest absolute Gasteiger partial charge is 0.307 e. The zero-order valence-electron chi connectivity index (χ0n) is 12.5. The molecule has 4 atom stereocenters. The van der Waals surface area contributed by atoms with Crippen LogP contribution in [0.2, 0.25) is 0 Å². The Balaban J connectivity index is 2.07. The van der Waals surface area contributed by atoms with Crippen molar-refractivity contribution in [1.29, 1.82) is 0 Å². The van der Waals surface area contributed by atoms with E-state index in [4.69, 9.17) is 0 Å². The maximum Gasteiger partial charge on any atom is 0.307 e. The monoisotopic (exact) mass is 317 g/mol. The lowest BCUT2D eigenvalue weighted by Gasteiger charge is -2.27. The average Bonchev–Trinajstić information content (AvgIpc) is 2.90. The molecule has 1 aliphatic heterocycles. The van der Waals surface area contributed by atoms with Crippen LogP contribution in [0.4, 0.5) is 0 Å². The molecule has 1 saturated heterocycles. The van der Waals surface area contributed by atoms with Crippen LogP contribution in [0.25, 0.3) is 0 Å². The van der Waals surface area contributed by atoms with Gasteiger partial charge in [-0.3, -0.25) is 9.59 Å². The number of carbonyl (C=O) groups excluding carboxylic acids is 1. The minimum absolute atomic E-state index is 0.0621. The summed E-state index contributed by atoms with van der Waals surface area (Å²) in [7, 11) is -3.10. The van der Waals surface area contributed by atoms with E-state index in [1.165, 1.54) is 0 Å². The summed E-state index contributed by atoms with van der Waals surface area (Å²) in [4.78, 5) is 23.7. The van der Waals surface area contributed by atoms with Crippen LogP contribution in [-0.2, 0) is 19.4 Å². The molecule has 2 fully saturated rings. The fourth-order valence-electron chi connectivity index (χ4n) is 3.54. The Hall–Kier alpha value is -1.11. The normalized spacial score (nSPS) is 38.3. The molecule has 1 heterocycles. The van der Waals surface area contributed by atoms with E-state index in [1.54, 1.807) is 6.92 Å². The highest BCUT2D eigenvalue weighted by Gasteiger charge is 2.45. The Kier molecular flexibility index (Phi) is 4.33. The first-order valence-corrected chi connectivity index (χ1v) is 9.23. The molecule has 2 aliphatic rings. The molecule has 0 aromatic carbocycles. The van der Waals surface area contributed by atoms with Crippen LogP contribution in [0, 0.1) is 17.8 Å². The summed E-state index contributed by atoms with van der Waals surface area (Å²) in [5, 5.41) is 12.1. The van der Waals surface area contributed by atoms with E-state index in [0.29, 0.717) is 19.3 Å². The first-order chi connectivity index (χ1) is 9.66. The van der Waals surface area contributed by atoms with Crippen LogP contribution < -0.4 is 5.32 Å². The van der Waals surface area contributed by atoms with Crippen molar-refractivity contribution in [3.63, 3.8) is 0 Å². The highest BCUT2D eigenvalue weighted by Crippen LogP contribution is 2.39. The van der Waals surface area contributed by atoms with Crippen LogP contribution >= 0.6 is 0 Å². The Bertz CT molecular complexity index is 544. The number of carbonyl (C=O) groups is 2. The van der Waals surface area contributed by atoms with Crippen LogP contribution in [0.1, 0.15) is 39.5 Å². The second-order valence-corrected chi connectivity index (χ2v) is 8.87. The van der Waals surface area contributed by atoms with Gasteiger partial charge >= 0.3 is 5.97 Å². The number of nitrogens with one attached hydrogen (secondary N) is 1. The lowest BCUT2D eigenvalue weighted by atomic mass is 9.93. The molecule has 1 amide bonds. The summed E-state index contributed by atoms with van der Waals surface area (Å²) in [6.07, 6.45) is 2.35. The molecular weight excluding hydrogens is 294 g/mol. The second kappa shape index (κ2) is 5.59. The van der Waals surface area contributed by atoms with Crippen molar-refractivity contribution in [2.45, 2.75) is 45.1 Å². The van der Waals surface area contributed by atoms with Gasteiger partial charge in [0.1, 0.15) is 0 Å². The largest absolute Gasteiger partial charge is 0.481 e. The number of hydrogen-bond acceptors (Lipinski definition) is 4. The van der Waals surface area contributed by atoms with Gasteiger partial charge in [-0.15, -0.1) is 0 Å². The van der Waals surface area contributed by atoms with Crippen molar-refractivity contribution in [2.75, 3.05) is 11.5 Å². The lowest BCUT2D eigenvalue weighted by molar-refractivity contribution is -0.146. The molecule has 6 nitrogen and oxygen atoms in total.